The maximum absolute atomic E-state index is 12.3. The molecule has 0 saturated carbocycles. The number of ketones is 2. The van der Waals surface area contributed by atoms with E-state index >= 15 is 0 Å². The van der Waals surface area contributed by atoms with Crippen LogP contribution in [0.25, 0.3) is 0 Å². The van der Waals surface area contributed by atoms with E-state index in [1.54, 1.807) is 0 Å². The summed E-state index contributed by atoms with van der Waals surface area (Å²) in [5.41, 5.74) is 4.96. The fourth-order valence-electron chi connectivity index (χ4n) is 2.09. The fraction of sp³-hybridized carbons (Fsp3) is 0.500. The summed E-state index contributed by atoms with van der Waals surface area (Å²) < 4.78 is 0. The monoisotopic (exact) mass is 246 g/mol. The second-order valence-corrected chi connectivity index (χ2v) is 5.36. The van der Waals surface area contributed by atoms with Crippen LogP contribution in [-0.2, 0) is 4.79 Å². The molecule has 0 N–H and O–H groups in total. The second kappa shape index (κ2) is 5.47. The van der Waals surface area contributed by atoms with Crippen molar-refractivity contribution in [2.24, 2.45) is 5.92 Å². The lowest BCUT2D eigenvalue weighted by molar-refractivity contribution is -0.121. The van der Waals surface area contributed by atoms with Gasteiger partial charge in [-0.2, -0.15) is 0 Å². The Kier molecular flexibility index (Phi) is 4.44. The van der Waals surface area contributed by atoms with Crippen LogP contribution in [0.2, 0.25) is 0 Å². The van der Waals surface area contributed by atoms with Gasteiger partial charge in [-0.1, -0.05) is 19.9 Å². The standard InChI is InChI=1S/C16H22O2/c1-9(2)14(17)8-15(18)16-12(5)10(3)7-11(4)13(16)6/h7,9H,8H2,1-6H3. The summed E-state index contributed by atoms with van der Waals surface area (Å²) in [5, 5.41) is 0. The topological polar surface area (TPSA) is 34.1 Å². The predicted molar refractivity (Wildman–Crippen MR) is 74.2 cm³/mol. The molecule has 0 heterocycles. The third-order valence-corrected chi connectivity index (χ3v) is 3.62. The summed E-state index contributed by atoms with van der Waals surface area (Å²) in [7, 11) is 0. The van der Waals surface area contributed by atoms with Gasteiger partial charge in [-0.3, -0.25) is 9.59 Å². The van der Waals surface area contributed by atoms with Crippen molar-refractivity contribution in [1.82, 2.24) is 0 Å². The zero-order valence-corrected chi connectivity index (χ0v) is 12.2. The second-order valence-electron chi connectivity index (χ2n) is 5.36. The summed E-state index contributed by atoms with van der Waals surface area (Å²) in [5.74, 6) is -0.117. The van der Waals surface area contributed by atoms with Gasteiger partial charge in [0, 0.05) is 11.5 Å². The van der Waals surface area contributed by atoms with E-state index in [0.29, 0.717) is 0 Å². The highest BCUT2D eigenvalue weighted by molar-refractivity contribution is 6.10. The number of carbonyl (C=O) groups is 2. The molecule has 2 heteroatoms. The molecule has 1 aromatic rings. The van der Waals surface area contributed by atoms with Crippen LogP contribution in [0.4, 0.5) is 0 Å². The molecule has 1 aromatic carbocycles. The van der Waals surface area contributed by atoms with E-state index in [1.807, 2.05) is 41.5 Å². The van der Waals surface area contributed by atoms with Crippen molar-refractivity contribution in [2.75, 3.05) is 0 Å². The van der Waals surface area contributed by atoms with Crippen molar-refractivity contribution in [3.05, 3.63) is 33.9 Å². The fourth-order valence-corrected chi connectivity index (χ4v) is 2.09. The molecular weight excluding hydrogens is 224 g/mol. The lowest BCUT2D eigenvalue weighted by atomic mass is 9.89. The number of Topliss-reactive ketones (excluding diaryl/α,β-unsaturated/α-hetero) is 2. The Labute approximate surface area is 109 Å². The molecule has 0 aliphatic carbocycles. The van der Waals surface area contributed by atoms with E-state index in [4.69, 9.17) is 0 Å². The van der Waals surface area contributed by atoms with Crippen molar-refractivity contribution >= 4 is 11.6 Å². The quantitative estimate of drug-likeness (QED) is 0.599. The van der Waals surface area contributed by atoms with E-state index in [0.717, 1.165) is 27.8 Å². The molecule has 0 aliphatic heterocycles. The highest BCUT2D eigenvalue weighted by atomic mass is 16.1. The molecule has 0 atom stereocenters. The number of benzene rings is 1. The average molecular weight is 246 g/mol. The van der Waals surface area contributed by atoms with Gasteiger partial charge in [0.05, 0.1) is 6.42 Å². The lowest BCUT2D eigenvalue weighted by Crippen LogP contribution is -2.16. The molecular formula is C16H22O2. The van der Waals surface area contributed by atoms with E-state index < -0.39 is 0 Å². The summed E-state index contributed by atoms with van der Waals surface area (Å²) in [6.45, 7) is 11.6. The van der Waals surface area contributed by atoms with Gasteiger partial charge in [0.15, 0.2) is 5.78 Å². The number of aryl methyl sites for hydroxylation is 2. The van der Waals surface area contributed by atoms with Crippen LogP contribution in [0.3, 0.4) is 0 Å². The summed E-state index contributed by atoms with van der Waals surface area (Å²) in [6, 6.07) is 2.09. The Balaban J connectivity index is 3.17. The van der Waals surface area contributed by atoms with E-state index in [1.165, 1.54) is 0 Å². The molecule has 0 aliphatic rings. The van der Waals surface area contributed by atoms with Gasteiger partial charge in [0.1, 0.15) is 5.78 Å². The smallest absolute Gasteiger partial charge is 0.170 e. The third kappa shape index (κ3) is 2.87. The minimum Gasteiger partial charge on any atom is -0.299 e. The molecule has 0 saturated heterocycles. The molecule has 0 fully saturated rings. The number of hydrogen-bond donors (Lipinski definition) is 0. The van der Waals surface area contributed by atoms with E-state index in [9.17, 15) is 9.59 Å². The number of hydrogen-bond acceptors (Lipinski definition) is 2. The summed E-state index contributed by atoms with van der Waals surface area (Å²) in [6.07, 6.45) is 0.0161. The Morgan fingerprint density at radius 3 is 1.83 bits per heavy atom. The third-order valence-electron chi connectivity index (χ3n) is 3.62. The van der Waals surface area contributed by atoms with Crippen LogP contribution in [0.15, 0.2) is 6.07 Å². The lowest BCUT2D eigenvalue weighted by Gasteiger charge is -2.14. The molecule has 2 nitrogen and oxygen atoms in total. The van der Waals surface area contributed by atoms with Gasteiger partial charge in [-0.05, 0) is 49.9 Å². The Hall–Kier alpha value is -1.44. The first-order chi connectivity index (χ1) is 8.25. The van der Waals surface area contributed by atoms with Gasteiger partial charge in [-0.15, -0.1) is 0 Å². The van der Waals surface area contributed by atoms with Gasteiger partial charge in [0.2, 0.25) is 0 Å². The van der Waals surface area contributed by atoms with Crippen molar-refractivity contribution in [3.8, 4) is 0 Å². The van der Waals surface area contributed by atoms with Crippen molar-refractivity contribution in [3.63, 3.8) is 0 Å². The maximum atomic E-state index is 12.3. The molecule has 0 radical (unpaired) electrons. The van der Waals surface area contributed by atoms with Crippen LogP contribution in [0.5, 0.6) is 0 Å². The van der Waals surface area contributed by atoms with Crippen LogP contribution in [0, 0.1) is 33.6 Å². The number of carbonyl (C=O) groups excluding carboxylic acids is 2. The minimum atomic E-state index is -0.0829. The van der Waals surface area contributed by atoms with Crippen molar-refractivity contribution in [1.29, 1.82) is 0 Å². The largest absolute Gasteiger partial charge is 0.299 e. The van der Waals surface area contributed by atoms with Crippen molar-refractivity contribution < 1.29 is 9.59 Å². The molecule has 0 aromatic heterocycles. The maximum Gasteiger partial charge on any atom is 0.170 e. The van der Waals surface area contributed by atoms with Crippen LogP contribution in [-0.4, -0.2) is 11.6 Å². The van der Waals surface area contributed by atoms with Gasteiger partial charge in [-0.25, -0.2) is 0 Å². The zero-order chi connectivity index (χ0) is 14.0. The first-order valence-electron chi connectivity index (χ1n) is 6.39. The zero-order valence-electron chi connectivity index (χ0n) is 12.2. The molecule has 0 amide bonds. The number of rotatable bonds is 4. The highest BCUT2D eigenvalue weighted by Gasteiger charge is 2.19. The van der Waals surface area contributed by atoms with E-state index in [2.05, 4.69) is 6.07 Å². The summed E-state index contributed by atoms with van der Waals surface area (Å²) >= 11 is 0. The minimum absolute atomic E-state index is 0.0120. The predicted octanol–water partition coefficient (Wildman–Crippen LogP) is 3.72. The average Bonchev–Trinajstić information content (AvgIpc) is 2.26. The van der Waals surface area contributed by atoms with Gasteiger partial charge in [0.25, 0.3) is 0 Å². The molecule has 0 spiro atoms. The van der Waals surface area contributed by atoms with Crippen LogP contribution >= 0.6 is 0 Å². The molecule has 98 valence electrons. The SMILES string of the molecule is Cc1cc(C)c(C)c(C(=O)CC(=O)C(C)C)c1C. The summed E-state index contributed by atoms with van der Waals surface area (Å²) in [4.78, 5) is 24.0. The molecule has 0 bridgehead atoms. The molecule has 1 rings (SSSR count). The molecule has 0 unspecified atom stereocenters. The Bertz CT molecular complexity index is 470. The van der Waals surface area contributed by atoms with Crippen molar-refractivity contribution in [2.45, 2.75) is 48.0 Å². The van der Waals surface area contributed by atoms with E-state index in [-0.39, 0.29) is 23.9 Å². The van der Waals surface area contributed by atoms with Crippen LogP contribution in [0.1, 0.15) is 52.9 Å². The first-order valence-corrected chi connectivity index (χ1v) is 6.39. The van der Waals surface area contributed by atoms with Gasteiger partial charge >= 0.3 is 0 Å². The van der Waals surface area contributed by atoms with Crippen LogP contribution < -0.4 is 0 Å². The Morgan fingerprint density at radius 2 is 1.44 bits per heavy atom. The highest BCUT2D eigenvalue weighted by Crippen LogP contribution is 2.23. The van der Waals surface area contributed by atoms with Gasteiger partial charge < -0.3 is 0 Å². The normalized spacial score (nSPS) is 10.8. The Morgan fingerprint density at radius 1 is 1.00 bits per heavy atom. The first kappa shape index (κ1) is 14.6. The molecule has 18 heavy (non-hydrogen) atoms.